The molecule has 1 atom stereocenters. The molecule has 2 aromatic heterocycles. The average Bonchev–Trinajstić information content (AvgIpc) is 3.10. The quantitative estimate of drug-likeness (QED) is 0.815. The van der Waals surface area contributed by atoms with Gasteiger partial charge in [-0.25, -0.2) is 9.97 Å². The van der Waals surface area contributed by atoms with Gasteiger partial charge in [-0.1, -0.05) is 0 Å². The molecule has 0 N–H and O–H groups in total. The molecule has 1 saturated heterocycles. The van der Waals surface area contributed by atoms with Crippen molar-refractivity contribution in [1.82, 2.24) is 19.4 Å². The topological polar surface area (TPSA) is 34.0 Å². The van der Waals surface area contributed by atoms with E-state index in [2.05, 4.69) is 15.5 Å². The molecule has 2 aliphatic rings. The highest BCUT2D eigenvalue weighted by atomic mass is 35.5. The van der Waals surface area contributed by atoms with Crippen LogP contribution in [-0.4, -0.2) is 44.4 Å². The Labute approximate surface area is 130 Å². The second-order valence-corrected chi connectivity index (χ2v) is 6.68. The van der Waals surface area contributed by atoms with Crippen LogP contribution in [0, 0.1) is 6.92 Å². The Morgan fingerprint density at radius 1 is 1.19 bits per heavy atom. The minimum absolute atomic E-state index is 0.503. The molecule has 0 aromatic carbocycles. The highest BCUT2D eigenvalue weighted by Crippen LogP contribution is 2.35. The molecule has 2 fully saturated rings. The summed E-state index contributed by atoms with van der Waals surface area (Å²) in [5.74, 6) is 1.71. The van der Waals surface area contributed by atoms with Crippen molar-refractivity contribution in [3.05, 3.63) is 23.7 Å². The monoisotopic (exact) mass is 304 g/mol. The number of nitrogens with zero attached hydrogens (tertiary/aromatic N) is 4. The zero-order valence-electron chi connectivity index (χ0n) is 12.4. The van der Waals surface area contributed by atoms with Gasteiger partial charge in [0.2, 0.25) is 0 Å². The normalized spacial score (nSPS) is 23.2. The van der Waals surface area contributed by atoms with E-state index >= 15 is 0 Å². The van der Waals surface area contributed by atoms with Crippen LogP contribution in [0.4, 0.5) is 0 Å². The molecule has 1 unspecified atom stereocenters. The van der Waals surface area contributed by atoms with Gasteiger partial charge in [0.05, 0.1) is 6.04 Å². The smallest absolute Gasteiger partial charge is 0.160 e. The first-order valence-corrected chi connectivity index (χ1v) is 8.44. The predicted molar refractivity (Wildman–Crippen MR) is 84.9 cm³/mol. The van der Waals surface area contributed by atoms with Crippen molar-refractivity contribution < 1.29 is 0 Å². The van der Waals surface area contributed by atoms with Gasteiger partial charge >= 0.3 is 0 Å². The Bertz CT molecular complexity index is 662. The summed E-state index contributed by atoms with van der Waals surface area (Å²) in [5.41, 5.74) is 3.10. The number of halogens is 1. The summed E-state index contributed by atoms with van der Waals surface area (Å²) in [4.78, 5) is 12.2. The number of aromatic nitrogens is 3. The molecule has 1 saturated carbocycles. The van der Waals surface area contributed by atoms with Crippen molar-refractivity contribution in [1.29, 1.82) is 0 Å². The maximum Gasteiger partial charge on any atom is 0.160 e. The number of fused-ring (bicyclic) bond motifs is 1. The molecule has 4 rings (SSSR count). The van der Waals surface area contributed by atoms with E-state index < -0.39 is 0 Å². The van der Waals surface area contributed by atoms with Crippen LogP contribution in [0.1, 0.15) is 36.8 Å². The van der Waals surface area contributed by atoms with Gasteiger partial charge in [-0.2, -0.15) is 0 Å². The Hall–Kier alpha value is -1.13. The molecule has 1 aliphatic heterocycles. The van der Waals surface area contributed by atoms with Crippen molar-refractivity contribution >= 4 is 22.8 Å². The molecule has 4 nitrogen and oxygen atoms in total. The number of likely N-dealkylation sites (tertiary alicyclic amines) is 1. The summed E-state index contributed by atoms with van der Waals surface area (Å²) in [6.45, 7) is 4.39. The molecule has 0 amide bonds. The molecule has 112 valence electrons. The average molecular weight is 305 g/mol. The van der Waals surface area contributed by atoms with E-state index in [9.17, 15) is 0 Å². The lowest BCUT2D eigenvalue weighted by Gasteiger charge is -2.18. The lowest BCUT2D eigenvalue weighted by molar-refractivity contribution is 0.313. The Kier molecular flexibility index (Phi) is 3.38. The zero-order chi connectivity index (χ0) is 14.4. The fraction of sp³-hybridized carbons (Fsp3) is 0.625. The van der Waals surface area contributed by atoms with E-state index in [1.165, 1.54) is 25.8 Å². The number of imidazole rings is 1. The predicted octanol–water partition coefficient (Wildman–Crippen LogP) is 2.93. The lowest BCUT2D eigenvalue weighted by atomic mass is 10.2. The molecular formula is C16H21ClN4. The van der Waals surface area contributed by atoms with Gasteiger partial charge in [-0.3, -0.25) is 4.90 Å². The first-order valence-electron chi connectivity index (χ1n) is 7.90. The summed E-state index contributed by atoms with van der Waals surface area (Å²) in [6, 6.07) is 5.47. The van der Waals surface area contributed by atoms with Crippen molar-refractivity contribution in [3.63, 3.8) is 0 Å². The van der Waals surface area contributed by atoms with Crippen molar-refractivity contribution in [2.75, 3.05) is 19.0 Å². The highest BCUT2D eigenvalue weighted by molar-refractivity contribution is 6.17. The minimum Gasteiger partial charge on any atom is -0.308 e. The third kappa shape index (κ3) is 2.44. The molecule has 5 heteroatoms. The van der Waals surface area contributed by atoms with Crippen LogP contribution in [0.5, 0.6) is 0 Å². The number of pyridine rings is 1. The third-order valence-electron chi connectivity index (χ3n) is 4.69. The molecule has 2 aromatic rings. The summed E-state index contributed by atoms with van der Waals surface area (Å²) in [7, 11) is 0. The summed E-state index contributed by atoms with van der Waals surface area (Å²) in [6.07, 6.45) is 4.77. The summed E-state index contributed by atoms with van der Waals surface area (Å²) >= 11 is 5.98. The van der Waals surface area contributed by atoms with E-state index in [0.717, 1.165) is 41.7 Å². The van der Waals surface area contributed by atoms with E-state index in [4.69, 9.17) is 21.6 Å². The maximum absolute atomic E-state index is 5.98. The fourth-order valence-electron chi connectivity index (χ4n) is 3.51. The van der Waals surface area contributed by atoms with E-state index in [1.807, 2.05) is 13.0 Å². The van der Waals surface area contributed by atoms with Crippen LogP contribution in [0.15, 0.2) is 12.1 Å². The zero-order valence-corrected chi connectivity index (χ0v) is 13.2. The van der Waals surface area contributed by atoms with Gasteiger partial charge in [0, 0.05) is 37.1 Å². The van der Waals surface area contributed by atoms with Crippen molar-refractivity contribution in [2.24, 2.45) is 0 Å². The van der Waals surface area contributed by atoms with Gasteiger partial charge in [-0.15, -0.1) is 11.6 Å². The first-order chi connectivity index (χ1) is 10.3. The number of hydrogen-bond acceptors (Lipinski definition) is 3. The molecule has 21 heavy (non-hydrogen) atoms. The molecule has 0 bridgehead atoms. The van der Waals surface area contributed by atoms with Gasteiger partial charge in [0.1, 0.15) is 11.3 Å². The van der Waals surface area contributed by atoms with Gasteiger partial charge in [0.25, 0.3) is 0 Å². The first kappa shape index (κ1) is 13.5. The van der Waals surface area contributed by atoms with Gasteiger partial charge in [-0.05, 0) is 38.3 Å². The number of aryl methyl sites for hydroxylation is 2. The SMILES string of the molecule is Cc1ccc2nc(CCCl)n(C3CCN(C4CC4)C3)c2n1. The van der Waals surface area contributed by atoms with Crippen LogP contribution in [0.25, 0.3) is 11.2 Å². The standard InChI is InChI=1S/C16H21ClN4/c1-11-2-5-14-16(18-11)21(15(19-14)6-8-17)13-7-9-20(10-13)12-3-4-12/h2,5,12-13H,3-4,6-10H2,1H3. The fourth-order valence-corrected chi connectivity index (χ4v) is 3.68. The highest BCUT2D eigenvalue weighted by Gasteiger charge is 2.36. The Balaban J connectivity index is 1.74. The van der Waals surface area contributed by atoms with Crippen molar-refractivity contribution in [3.8, 4) is 0 Å². The molecule has 0 spiro atoms. The lowest BCUT2D eigenvalue weighted by Crippen LogP contribution is -2.24. The van der Waals surface area contributed by atoms with Crippen LogP contribution >= 0.6 is 11.6 Å². The second kappa shape index (κ2) is 5.25. The largest absolute Gasteiger partial charge is 0.308 e. The second-order valence-electron chi connectivity index (χ2n) is 6.30. The van der Waals surface area contributed by atoms with Crippen molar-refractivity contribution in [2.45, 2.75) is 44.7 Å². The van der Waals surface area contributed by atoms with Crippen LogP contribution in [-0.2, 0) is 6.42 Å². The summed E-state index contributed by atoms with van der Waals surface area (Å²) in [5, 5.41) is 0. The van der Waals surface area contributed by atoms with Gasteiger partial charge < -0.3 is 4.57 Å². The molecule has 3 heterocycles. The van der Waals surface area contributed by atoms with Gasteiger partial charge in [0.15, 0.2) is 5.65 Å². The Morgan fingerprint density at radius 2 is 2.05 bits per heavy atom. The van der Waals surface area contributed by atoms with E-state index in [1.54, 1.807) is 0 Å². The number of hydrogen-bond donors (Lipinski definition) is 0. The number of alkyl halides is 1. The molecular weight excluding hydrogens is 284 g/mol. The van der Waals surface area contributed by atoms with Crippen LogP contribution in [0.2, 0.25) is 0 Å². The molecule has 0 radical (unpaired) electrons. The molecule has 1 aliphatic carbocycles. The van der Waals surface area contributed by atoms with E-state index in [0.29, 0.717) is 11.9 Å². The third-order valence-corrected chi connectivity index (χ3v) is 4.88. The van der Waals surface area contributed by atoms with E-state index in [-0.39, 0.29) is 0 Å². The maximum atomic E-state index is 5.98. The summed E-state index contributed by atoms with van der Waals surface area (Å²) < 4.78 is 2.37. The van der Waals surface area contributed by atoms with Crippen LogP contribution in [0.3, 0.4) is 0 Å². The Morgan fingerprint density at radius 3 is 2.81 bits per heavy atom. The van der Waals surface area contributed by atoms with Crippen LogP contribution < -0.4 is 0 Å². The number of rotatable bonds is 4. The minimum atomic E-state index is 0.503.